The van der Waals surface area contributed by atoms with Crippen molar-refractivity contribution in [2.75, 3.05) is 19.7 Å². The van der Waals surface area contributed by atoms with Gasteiger partial charge in [-0.2, -0.15) is 0 Å². The zero-order valence-corrected chi connectivity index (χ0v) is 11.7. The lowest BCUT2D eigenvalue weighted by atomic mass is 9.94. The predicted molar refractivity (Wildman–Crippen MR) is 74.1 cm³/mol. The molecule has 1 fully saturated rings. The maximum atomic E-state index is 12.5. The number of carbonyl (C=O) groups is 1. The Hall–Kier alpha value is -1.47. The lowest BCUT2D eigenvalue weighted by Crippen LogP contribution is -2.43. The normalized spacial score (nSPS) is 16.3. The Balaban J connectivity index is 2.08. The van der Waals surface area contributed by atoms with Gasteiger partial charge in [-0.25, -0.2) is 0 Å². The van der Waals surface area contributed by atoms with Crippen molar-refractivity contribution in [3.05, 3.63) is 11.9 Å². The van der Waals surface area contributed by atoms with Crippen LogP contribution in [-0.2, 0) is 6.54 Å². The number of amides is 1. The Labute approximate surface area is 118 Å². The second-order valence-corrected chi connectivity index (χ2v) is 5.17. The minimum absolute atomic E-state index is 0.0286. The van der Waals surface area contributed by atoms with Crippen LogP contribution in [0.15, 0.2) is 6.20 Å². The van der Waals surface area contributed by atoms with Gasteiger partial charge in [0.25, 0.3) is 5.91 Å². The van der Waals surface area contributed by atoms with E-state index in [1.807, 2.05) is 0 Å². The number of carbonyl (C=O) groups excluding carboxylic acids is 1. The van der Waals surface area contributed by atoms with E-state index < -0.39 is 0 Å². The summed E-state index contributed by atoms with van der Waals surface area (Å²) in [5.41, 5.74) is 5.78. The number of aromatic nitrogens is 3. The molecule has 2 rings (SSSR count). The molecule has 1 amide bonds. The molecular formula is C13H23N5O2. The first-order chi connectivity index (χ1) is 9.76. The first kappa shape index (κ1) is 14.9. The summed E-state index contributed by atoms with van der Waals surface area (Å²) in [5, 5.41) is 17.0. The van der Waals surface area contributed by atoms with Gasteiger partial charge < -0.3 is 15.7 Å². The summed E-state index contributed by atoms with van der Waals surface area (Å²) < 4.78 is 1.57. The molecule has 1 aliphatic carbocycles. The highest BCUT2D eigenvalue weighted by molar-refractivity contribution is 5.92. The molecule has 0 aromatic carbocycles. The van der Waals surface area contributed by atoms with Crippen molar-refractivity contribution in [3.8, 4) is 0 Å². The summed E-state index contributed by atoms with van der Waals surface area (Å²) in [5.74, 6) is -0.144. The van der Waals surface area contributed by atoms with Crippen molar-refractivity contribution >= 4 is 5.91 Å². The van der Waals surface area contributed by atoms with Crippen molar-refractivity contribution in [1.82, 2.24) is 19.9 Å². The van der Waals surface area contributed by atoms with Gasteiger partial charge in [-0.1, -0.05) is 24.5 Å². The second kappa shape index (κ2) is 7.35. The number of aliphatic hydroxyl groups excluding tert-OH is 1. The Morgan fingerprint density at radius 1 is 1.45 bits per heavy atom. The van der Waals surface area contributed by atoms with Gasteiger partial charge in [-0.05, 0) is 12.8 Å². The Morgan fingerprint density at radius 2 is 2.20 bits per heavy atom. The molecule has 1 saturated carbocycles. The minimum atomic E-state index is -0.144. The molecule has 1 aromatic heterocycles. The first-order valence-corrected chi connectivity index (χ1v) is 7.28. The molecule has 20 heavy (non-hydrogen) atoms. The third kappa shape index (κ3) is 3.55. The smallest absolute Gasteiger partial charge is 0.276 e. The topological polar surface area (TPSA) is 97.3 Å². The average molecular weight is 281 g/mol. The highest BCUT2D eigenvalue weighted by Crippen LogP contribution is 2.23. The molecule has 3 N–H and O–H groups in total. The van der Waals surface area contributed by atoms with Crippen molar-refractivity contribution in [1.29, 1.82) is 0 Å². The highest BCUT2D eigenvalue weighted by Gasteiger charge is 2.27. The third-order valence-electron chi connectivity index (χ3n) is 3.73. The predicted octanol–water partition coefficient (Wildman–Crippen LogP) is 0.00400. The van der Waals surface area contributed by atoms with E-state index in [0.29, 0.717) is 25.3 Å². The molecule has 1 aromatic rings. The number of nitrogens with zero attached hydrogens (tertiary/aromatic N) is 4. The molecule has 1 heterocycles. The number of hydrogen-bond donors (Lipinski definition) is 2. The van der Waals surface area contributed by atoms with Crippen LogP contribution >= 0.6 is 0 Å². The van der Waals surface area contributed by atoms with Crippen molar-refractivity contribution in [2.24, 2.45) is 5.73 Å². The maximum Gasteiger partial charge on any atom is 0.276 e. The second-order valence-electron chi connectivity index (χ2n) is 5.17. The highest BCUT2D eigenvalue weighted by atomic mass is 16.3. The average Bonchev–Trinajstić information content (AvgIpc) is 2.94. The lowest BCUT2D eigenvalue weighted by Gasteiger charge is -2.33. The Morgan fingerprint density at radius 3 is 2.85 bits per heavy atom. The fourth-order valence-electron chi connectivity index (χ4n) is 2.74. The van der Waals surface area contributed by atoms with E-state index in [0.717, 1.165) is 25.7 Å². The van der Waals surface area contributed by atoms with Crippen LogP contribution in [-0.4, -0.2) is 56.6 Å². The molecule has 0 unspecified atom stereocenters. The van der Waals surface area contributed by atoms with E-state index in [1.165, 1.54) is 6.42 Å². The molecule has 0 aliphatic heterocycles. The molecule has 0 saturated heterocycles. The standard InChI is InChI=1S/C13H23N5O2/c14-6-7-17-10-12(15-16-17)13(20)18(8-9-19)11-4-2-1-3-5-11/h10-11,19H,1-9,14H2. The molecule has 0 atom stereocenters. The monoisotopic (exact) mass is 281 g/mol. The van der Waals surface area contributed by atoms with Gasteiger partial charge >= 0.3 is 0 Å². The van der Waals surface area contributed by atoms with E-state index >= 15 is 0 Å². The zero-order valence-electron chi connectivity index (χ0n) is 11.7. The Bertz CT molecular complexity index is 428. The van der Waals surface area contributed by atoms with E-state index in [-0.39, 0.29) is 18.6 Å². The number of aliphatic hydroxyl groups is 1. The number of nitrogens with two attached hydrogens (primary N) is 1. The van der Waals surface area contributed by atoms with Crippen LogP contribution < -0.4 is 5.73 Å². The summed E-state index contributed by atoms with van der Waals surface area (Å²) in [6, 6.07) is 0.211. The molecule has 112 valence electrons. The van der Waals surface area contributed by atoms with Gasteiger partial charge in [-0.3, -0.25) is 9.48 Å². The quantitative estimate of drug-likeness (QED) is 0.765. The first-order valence-electron chi connectivity index (χ1n) is 7.28. The van der Waals surface area contributed by atoms with Gasteiger partial charge in [0.2, 0.25) is 0 Å². The van der Waals surface area contributed by atoms with Gasteiger partial charge in [0.15, 0.2) is 5.69 Å². The van der Waals surface area contributed by atoms with Crippen LogP contribution in [0.2, 0.25) is 0 Å². The van der Waals surface area contributed by atoms with E-state index in [4.69, 9.17) is 5.73 Å². The summed E-state index contributed by atoms with van der Waals surface area (Å²) in [7, 11) is 0. The minimum Gasteiger partial charge on any atom is -0.395 e. The fourth-order valence-corrected chi connectivity index (χ4v) is 2.74. The number of rotatable bonds is 6. The van der Waals surface area contributed by atoms with Crippen LogP contribution in [0, 0.1) is 0 Å². The molecule has 1 aliphatic rings. The van der Waals surface area contributed by atoms with E-state index in [2.05, 4.69) is 10.3 Å². The van der Waals surface area contributed by atoms with Crippen molar-refractivity contribution < 1.29 is 9.90 Å². The molecule has 0 radical (unpaired) electrons. The van der Waals surface area contributed by atoms with Gasteiger partial charge in [0.05, 0.1) is 19.3 Å². The SMILES string of the molecule is NCCn1cc(C(=O)N(CCO)C2CCCCC2)nn1. The van der Waals surface area contributed by atoms with Gasteiger partial charge in [-0.15, -0.1) is 5.10 Å². The molecular weight excluding hydrogens is 258 g/mol. The number of hydrogen-bond acceptors (Lipinski definition) is 5. The Kier molecular flexibility index (Phi) is 5.49. The lowest BCUT2D eigenvalue weighted by molar-refractivity contribution is 0.0579. The van der Waals surface area contributed by atoms with Crippen molar-refractivity contribution in [2.45, 2.75) is 44.7 Å². The summed E-state index contributed by atoms with van der Waals surface area (Å²) in [6.45, 7) is 1.33. The molecule has 0 spiro atoms. The third-order valence-corrected chi connectivity index (χ3v) is 3.73. The van der Waals surface area contributed by atoms with Crippen LogP contribution in [0.4, 0.5) is 0 Å². The van der Waals surface area contributed by atoms with Gasteiger partial charge in [0, 0.05) is 19.1 Å². The molecule has 7 nitrogen and oxygen atoms in total. The van der Waals surface area contributed by atoms with Crippen LogP contribution in [0.25, 0.3) is 0 Å². The van der Waals surface area contributed by atoms with Gasteiger partial charge in [0.1, 0.15) is 0 Å². The summed E-state index contributed by atoms with van der Waals surface area (Å²) in [4.78, 5) is 14.3. The largest absolute Gasteiger partial charge is 0.395 e. The van der Waals surface area contributed by atoms with E-state index in [1.54, 1.807) is 15.8 Å². The maximum absolute atomic E-state index is 12.5. The van der Waals surface area contributed by atoms with Crippen LogP contribution in [0.5, 0.6) is 0 Å². The van der Waals surface area contributed by atoms with Crippen molar-refractivity contribution in [3.63, 3.8) is 0 Å². The van der Waals surface area contributed by atoms with Crippen LogP contribution in [0.1, 0.15) is 42.6 Å². The molecule has 0 bridgehead atoms. The zero-order chi connectivity index (χ0) is 14.4. The van der Waals surface area contributed by atoms with Crippen LogP contribution in [0.3, 0.4) is 0 Å². The van der Waals surface area contributed by atoms with E-state index in [9.17, 15) is 9.90 Å². The summed E-state index contributed by atoms with van der Waals surface area (Å²) in [6.07, 6.45) is 7.14. The molecule has 7 heteroatoms. The summed E-state index contributed by atoms with van der Waals surface area (Å²) >= 11 is 0. The fraction of sp³-hybridized carbons (Fsp3) is 0.769.